The predicted molar refractivity (Wildman–Crippen MR) is 120 cm³/mol. The van der Waals surface area contributed by atoms with Gasteiger partial charge in [-0.3, -0.25) is 4.79 Å². The average Bonchev–Trinajstić information content (AvgIpc) is 2.85. The molecule has 0 N–H and O–H groups in total. The maximum absolute atomic E-state index is 13.0. The van der Waals surface area contributed by atoms with E-state index >= 15 is 0 Å². The van der Waals surface area contributed by atoms with E-state index in [9.17, 15) is 92.4 Å². The summed E-state index contributed by atoms with van der Waals surface area (Å²) in [5, 5.41) is -7.95. The molecule has 1 aliphatic heterocycles. The monoisotopic (exact) mass is 728 g/mol. The van der Waals surface area contributed by atoms with Gasteiger partial charge >= 0.3 is 47.0 Å². The fourth-order valence-corrected chi connectivity index (χ4v) is 6.15. The van der Waals surface area contributed by atoms with Crippen molar-refractivity contribution in [2.75, 3.05) is 17.3 Å². The predicted octanol–water partition coefficient (Wildman–Crippen LogP) is 7.83. The van der Waals surface area contributed by atoms with Crippen LogP contribution in [0.15, 0.2) is 0 Å². The number of halogens is 17. The summed E-state index contributed by atoms with van der Waals surface area (Å²) in [6.07, 6.45) is 2.02. The van der Waals surface area contributed by atoms with Crippen molar-refractivity contribution in [3.63, 3.8) is 0 Å². The SMILES string of the molecule is CCCCCCC(=O)C[S+]1CCCCC1.O=S(=O)([O-])C(F)(F)C(F)(F)C(F)(F)C(F)(F)C(F)(F)C(F)(F)C(F)(F)C(F)(F)F. The molecule has 0 bridgehead atoms. The Morgan fingerprint density at radius 1 is 0.614 bits per heavy atom. The molecule has 1 aliphatic rings. The molecule has 4 nitrogen and oxygen atoms in total. The van der Waals surface area contributed by atoms with Crippen molar-refractivity contribution in [1.82, 2.24) is 0 Å². The number of carbonyl (C=O) groups excluding carboxylic acids is 1. The lowest BCUT2D eigenvalue weighted by Gasteiger charge is -2.42. The summed E-state index contributed by atoms with van der Waals surface area (Å²) in [7, 11) is -7.67. The van der Waals surface area contributed by atoms with Crippen molar-refractivity contribution < 1.29 is 92.4 Å². The Morgan fingerprint density at radius 3 is 1.36 bits per heavy atom. The summed E-state index contributed by atoms with van der Waals surface area (Å²) in [4.78, 5) is 11.7. The summed E-state index contributed by atoms with van der Waals surface area (Å²) < 4.78 is 244. The third kappa shape index (κ3) is 8.17. The molecule has 0 aromatic carbocycles. The second-order valence-electron chi connectivity index (χ2n) is 9.49. The Hall–Kier alpha value is -1.26. The van der Waals surface area contributed by atoms with E-state index in [1.54, 1.807) is 0 Å². The molecule has 0 saturated carbocycles. The number of unbranched alkanes of at least 4 members (excludes halogenated alkanes) is 3. The van der Waals surface area contributed by atoms with E-state index in [0.29, 0.717) is 16.7 Å². The second-order valence-corrected chi connectivity index (χ2v) is 13.2. The summed E-state index contributed by atoms with van der Waals surface area (Å²) >= 11 is 0. The van der Waals surface area contributed by atoms with Crippen molar-refractivity contribution >= 4 is 26.8 Å². The molecule has 0 atom stereocenters. The molecule has 0 radical (unpaired) electrons. The zero-order valence-electron chi connectivity index (χ0n) is 22.2. The third-order valence-corrected chi connectivity index (χ3v) is 9.39. The van der Waals surface area contributed by atoms with Gasteiger partial charge in [0.1, 0.15) is 11.5 Å². The Morgan fingerprint density at radius 2 is 1.00 bits per heavy atom. The van der Waals surface area contributed by atoms with Gasteiger partial charge < -0.3 is 4.55 Å². The van der Waals surface area contributed by atoms with Crippen molar-refractivity contribution in [1.29, 1.82) is 0 Å². The molecule has 1 fully saturated rings. The van der Waals surface area contributed by atoms with Crippen LogP contribution in [-0.2, 0) is 25.8 Å². The van der Waals surface area contributed by atoms with Crippen LogP contribution in [0.4, 0.5) is 74.6 Å². The van der Waals surface area contributed by atoms with E-state index in [0.717, 1.165) is 18.6 Å². The smallest absolute Gasteiger partial charge is 0.460 e. The highest BCUT2D eigenvalue weighted by molar-refractivity contribution is 7.97. The third-order valence-electron chi connectivity index (χ3n) is 6.05. The summed E-state index contributed by atoms with van der Waals surface area (Å²) in [6, 6.07) is 0. The first-order chi connectivity index (χ1) is 19.3. The van der Waals surface area contributed by atoms with Crippen LogP contribution < -0.4 is 0 Å². The van der Waals surface area contributed by atoms with Gasteiger partial charge in [0, 0.05) is 6.42 Å². The molecule has 1 rings (SSSR count). The van der Waals surface area contributed by atoms with Gasteiger partial charge in [0.25, 0.3) is 0 Å². The fraction of sp³-hybridized carbons (Fsp3) is 0.952. The maximum atomic E-state index is 13.0. The zero-order valence-corrected chi connectivity index (χ0v) is 23.8. The number of rotatable bonds is 14. The van der Waals surface area contributed by atoms with E-state index in [-0.39, 0.29) is 0 Å². The van der Waals surface area contributed by atoms with Gasteiger partial charge in [-0.15, -0.1) is 0 Å². The van der Waals surface area contributed by atoms with E-state index in [2.05, 4.69) is 6.92 Å². The van der Waals surface area contributed by atoms with Gasteiger partial charge in [-0.1, -0.05) is 26.2 Å². The molecule has 0 aliphatic carbocycles. The number of alkyl halides is 17. The minimum Gasteiger partial charge on any atom is -0.743 e. The van der Waals surface area contributed by atoms with Crippen LogP contribution in [0.5, 0.6) is 0 Å². The van der Waals surface area contributed by atoms with Gasteiger partial charge in [0.15, 0.2) is 21.7 Å². The van der Waals surface area contributed by atoms with Gasteiger partial charge in [-0.25, -0.2) is 8.42 Å². The Bertz CT molecular complexity index is 1050. The molecule has 264 valence electrons. The molecule has 44 heavy (non-hydrogen) atoms. The topological polar surface area (TPSA) is 74.3 Å². The van der Waals surface area contributed by atoms with Gasteiger partial charge in [0.05, 0.1) is 0 Å². The number of hydrogen-bond acceptors (Lipinski definition) is 4. The molecule has 0 aromatic rings. The van der Waals surface area contributed by atoms with E-state index in [1.807, 2.05) is 0 Å². The van der Waals surface area contributed by atoms with Crippen molar-refractivity contribution in [3.05, 3.63) is 0 Å². The molecular formula is C21H25F17O4S2. The molecular weight excluding hydrogens is 703 g/mol. The first kappa shape index (κ1) is 42.7. The quantitative estimate of drug-likeness (QED) is 0.0792. The van der Waals surface area contributed by atoms with Crippen LogP contribution in [0.3, 0.4) is 0 Å². The molecule has 1 saturated heterocycles. The largest absolute Gasteiger partial charge is 0.743 e. The highest BCUT2D eigenvalue weighted by atomic mass is 32.2. The highest BCUT2D eigenvalue weighted by Crippen LogP contribution is 2.64. The van der Waals surface area contributed by atoms with Crippen LogP contribution in [0.1, 0.15) is 58.3 Å². The van der Waals surface area contributed by atoms with E-state index in [4.69, 9.17) is 0 Å². The Kier molecular flexibility index (Phi) is 13.8. The normalized spacial score (nSPS) is 17.2. The van der Waals surface area contributed by atoms with Crippen LogP contribution in [0.25, 0.3) is 0 Å². The number of carbonyl (C=O) groups is 1. The number of Topliss-reactive ketones (excluding diaryl/α,β-unsaturated/α-hetero) is 1. The van der Waals surface area contributed by atoms with Gasteiger partial charge in [-0.2, -0.15) is 74.6 Å². The van der Waals surface area contributed by atoms with E-state index in [1.165, 1.54) is 50.0 Å². The minimum atomic E-state index is -8.92. The van der Waals surface area contributed by atoms with Crippen LogP contribution in [0.2, 0.25) is 0 Å². The maximum Gasteiger partial charge on any atom is 0.460 e. The number of hydrogen-bond donors (Lipinski definition) is 0. The standard InChI is InChI=1S/C13H25OS.C8HF17O3S/c1-2-3-4-6-9-13(14)12-15-10-7-5-8-11-15;9-1(10,3(13,14)5(17,18)7(21,22)23)2(11,12)4(15,16)6(19,20)8(24,25)29(26,27)28/h2-12H2,1H3;(H,26,27,28)/q+1;/p-1. The second kappa shape index (κ2) is 14.2. The Labute approximate surface area is 242 Å². The van der Waals surface area contributed by atoms with Crippen molar-refractivity contribution in [2.45, 2.75) is 105 Å². The average molecular weight is 729 g/mol. The lowest BCUT2D eigenvalue weighted by molar-refractivity contribution is -0.458. The molecule has 0 aromatic heterocycles. The highest BCUT2D eigenvalue weighted by Gasteiger charge is 2.95. The summed E-state index contributed by atoms with van der Waals surface area (Å²) in [5.41, 5.74) is 0. The summed E-state index contributed by atoms with van der Waals surface area (Å²) in [5.74, 6) is -48.0. The van der Waals surface area contributed by atoms with Gasteiger partial charge in [0.2, 0.25) is 0 Å². The lowest BCUT2D eigenvalue weighted by Crippen LogP contribution is -2.75. The van der Waals surface area contributed by atoms with Crippen LogP contribution in [0, 0.1) is 0 Å². The summed E-state index contributed by atoms with van der Waals surface area (Å²) in [6.45, 7) is 2.21. The van der Waals surface area contributed by atoms with Crippen molar-refractivity contribution in [2.24, 2.45) is 0 Å². The first-order valence-electron chi connectivity index (χ1n) is 12.2. The number of ketones is 1. The van der Waals surface area contributed by atoms with Crippen molar-refractivity contribution in [3.8, 4) is 0 Å². The van der Waals surface area contributed by atoms with E-state index < -0.39 is 57.1 Å². The first-order valence-corrected chi connectivity index (χ1v) is 15.3. The zero-order chi connectivity index (χ0) is 35.4. The molecule has 1 heterocycles. The fourth-order valence-electron chi connectivity index (χ4n) is 3.39. The van der Waals surface area contributed by atoms with Gasteiger partial charge in [-0.05, 0) is 36.6 Å². The van der Waals surface area contributed by atoms with Crippen LogP contribution >= 0.6 is 0 Å². The molecule has 0 amide bonds. The molecule has 23 heteroatoms. The molecule has 0 spiro atoms. The Balaban J connectivity index is 0.00000103. The van der Waals surface area contributed by atoms with Crippen LogP contribution in [-0.4, -0.2) is 83.0 Å². The molecule has 0 unspecified atom stereocenters. The lowest BCUT2D eigenvalue weighted by atomic mass is 9.91. The minimum absolute atomic E-state index is 0.469.